The molecule has 1 saturated heterocycles. The second kappa shape index (κ2) is 11.3. The zero-order valence-electron chi connectivity index (χ0n) is 21.1. The third kappa shape index (κ3) is 6.35. The molecule has 0 unspecified atom stereocenters. The largest absolute Gasteiger partial charge is 0.466 e. The Morgan fingerprint density at radius 2 is 1.88 bits per heavy atom. The first kappa shape index (κ1) is 26.4. The van der Waals surface area contributed by atoms with E-state index in [1.807, 2.05) is 31.0 Å². The smallest absolute Gasteiger partial charge is 0.257 e. The molecule has 0 aromatic carbocycles. The Balaban J connectivity index is 0.000000714. The van der Waals surface area contributed by atoms with Gasteiger partial charge in [0.15, 0.2) is 0 Å². The lowest BCUT2D eigenvalue weighted by Crippen LogP contribution is -2.54. The minimum Gasteiger partial charge on any atom is -0.466 e. The van der Waals surface area contributed by atoms with E-state index >= 15 is 0 Å². The molecule has 2 aliphatic rings. The molecule has 7 heteroatoms. The monoisotopic (exact) mass is 454 g/mol. The fourth-order valence-electron chi connectivity index (χ4n) is 4.23. The Morgan fingerprint density at radius 1 is 1.21 bits per heavy atom. The molecule has 33 heavy (non-hydrogen) atoms. The standard InChI is InChI=1S/C22H29N3O3.C3H8.CHN/c1-14-12-24(6-7-25(14)21(26)19-8-15(2)28-16(19)3)20-9-17-10-22(4,5)27-13-18(17)11-23-20;1-3-2;1-2/h8-9,11,14H,6-7,10,12-13H2,1-5H3;3H2,1-2H3;1H/t14-;;/m1../s1. The number of fused-ring (bicyclic) bond motifs is 1. The molecule has 1 amide bonds. The maximum Gasteiger partial charge on any atom is 0.257 e. The van der Waals surface area contributed by atoms with E-state index in [1.165, 1.54) is 17.5 Å². The fourth-order valence-corrected chi connectivity index (χ4v) is 4.23. The van der Waals surface area contributed by atoms with Crippen LogP contribution in [0.5, 0.6) is 0 Å². The predicted octanol–water partition coefficient (Wildman–Crippen LogP) is 5.05. The number of aryl methyl sites for hydroxylation is 2. The second-order valence-electron chi connectivity index (χ2n) is 9.36. The van der Waals surface area contributed by atoms with Crippen LogP contribution in [0.1, 0.15) is 74.0 Å². The van der Waals surface area contributed by atoms with Gasteiger partial charge in [-0.15, -0.1) is 0 Å². The first-order valence-electron chi connectivity index (χ1n) is 11.7. The Morgan fingerprint density at radius 3 is 2.45 bits per heavy atom. The maximum atomic E-state index is 13.0. The number of hydrogen-bond acceptors (Lipinski definition) is 6. The highest BCUT2D eigenvalue weighted by Crippen LogP contribution is 2.30. The summed E-state index contributed by atoms with van der Waals surface area (Å²) in [5.74, 6) is 2.51. The number of ether oxygens (including phenoxy) is 1. The van der Waals surface area contributed by atoms with Gasteiger partial charge in [0.05, 0.1) is 17.8 Å². The third-order valence-electron chi connectivity index (χ3n) is 5.79. The summed E-state index contributed by atoms with van der Waals surface area (Å²) in [4.78, 5) is 21.9. The van der Waals surface area contributed by atoms with Crippen LogP contribution in [0, 0.1) is 25.7 Å². The van der Waals surface area contributed by atoms with Crippen molar-refractivity contribution in [3.05, 3.63) is 46.5 Å². The molecule has 180 valence electrons. The Kier molecular flexibility index (Phi) is 9.07. The summed E-state index contributed by atoms with van der Waals surface area (Å²) in [6.07, 6.45) is 4.09. The third-order valence-corrected chi connectivity index (χ3v) is 5.79. The molecular formula is C26H38N4O3. The van der Waals surface area contributed by atoms with Crippen molar-refractivity contribution in [1.29, 1.82) is 5.26 Å². The van der Waals surface area contributed by atoms with Crippen LogP contribution < -0.4 is 4.90 Å². The van der Waals surface area contributed by atoms with E-state index in [-0.39, 0.29) is 17.6 Å². The van der Waals surface area contributed by atoms with E-state index in [4.69, 9.17) is 14.4 Å². The quantitative estimate of drug-likeness (QED) is 0.631. The van der Waals surface area contributed by atoms with Crippen LogP contribution in [-0.2, 0) is 17.8 Å². The van der Waals surface area contributed by atoms with E-state index in [9.17, 15) is 4.79 Å². The zero-order valence-corrected chi connectivity index (χ0v) is 21.1. The maximum absolute atomic E-state index is 13.0. The molecule has 4 rings (SSSR count). The molecule has 0 saturated carbocycles. The number of piperazine rings is 1. The lowest BCUT2D eigenvalue weighted by molar-refractivity contribution is -0.0402. The number of carbonyl (C=O) groups excluding carboxylic acids is 1. The predicted molar refractivity (Wildman–Crippen MR) is 130 cm³/mol. The van der Waals surface area contributed by atoms with Gasteiger partial charge in [0.25, 0.3) is 5.91 Å². The number of furan rings is 1. The van der Waals surface area contributed by atoms with Gasteiger partial charge in [-0.2, -0.15) is 0 Å². The van der Waals surface area contributed by atoms with Gasteiger partial charge in [0, 0.05) is 44.9 Å². The van der Waals surface area contributed by atoms with E-state index in [0.29, 0.717) is 24.5 Å². The van der Waals surface area contributed by atoms with Crippen LogP contribution in [0.2, 0.25) is 0 Å². The molecule has 1 fully saturated rings. The fraction of sp³-hybridized carbons (Fsp3) is 0.577. The molecular weight excluding hydrogens is 416 g/mol. The molecule has 0 spiro atoms. The number of aromatic nitrogens is 1. The highest BCUT2D eigenvalue weighted by atomic mass is 16.5. The highest BCUT2D eigenvalue weighted by molar-refractivity contribution is 5.95. The van der Waals surface area contributed by atoms with Gasteiger partial charge in [-0.1, -0.05) is 20.3 Å². The average molecular weight is 455 g/mol. The number of pyridine rings is 1. The summed E-state index contributed by atoms with van der Waals surface area (Å²) in [5.41, 5.74) is 3.03. The van der Waals surface area contributed by atoms with Gasteiger partial charge in [0.2, 0.25) is 0 Å². The van der Waals surface area contributed by atoms with Crippen LogP contribution in [0.4, 0.5) is 5.82 Å². The number of amides is 1. The first-order valence-corrected chi connectivity index (χ1v) is 11.7. The number of nitrogens with zero attached hydrogens (tertiary/aromatic N) is 4. The summed E-state index contributed by atoms with van der Waals surface area (Å²) < 4.78 is 11.4. The van der Waals surface area contributed by atoms with E-state index in [1.54, 1.807) is 0 Å². The van der Waals surface area contributed by atoms with E-state index < -0.39 is 0 Å². The molecule has 7 nitrogen and oxygen atoms in total. The Bertz CT molecular complexity index is 964. The minimum atomic E-state index is -0.134. The average Bonchev–Trinajstić information content (AvgIpc) is 3.12. The van der Waals surface area contributed by atoms with Crippen molar-refractivity contribution in [3.8, 4) is 6.57 Å². The molecule has 0 aliphatic carbocycles. The Labute approximate surface area is 198 Å². The summed E-state index contributed by atoms with van der Waals surface area (Å²) in [6, 6.07) is 4.15. The minimum absolute atomic E-state index is 0.0544. The number of anilines is 1. The van der Waals surface area contributed by atoms with Crippen LogP contribution in [0.15, 0.2) is 22.7 Å². The van der Waals surface area contributed by atoms with Gasteiger partial charge < -0.3 is 19.0 Å². The zero-order chi connectivity index (χ0) is 24.8. The van der Waals surface area contributed by atoms with Crippen LogP contribution >= 0.6 is 0 Å². The van der Waals surface area contributed by atoms with Crippen molar-refractivity contribution in [2.45, 2.75) is 79.6 Å². The molecule has 0 N–H and O–H groups in total. The topological polar surface area (TPSA) is 82.6 Å². The lowest BCUT2D eigenvalue weighted by Gasteiger charge is -2.41. The SMILES string of the molecule is C#N.CCC.Cc1cc(C(=O)N2CCN(c3cc4c(cn3)COC(C)(C)C4)C[C@H]2C)c(C)o1. The van der Waals surface area contributed by atoms with Gasteiger partial charge in [0.1, 0.15) is 17.3 Å². The molecule has 0 bridgehead atoms. The number of rotatable bonds is 2. The molecule has 2 aromatic rings. The highest BCUT2D eigenvalue weighted by Gasteiger charge is 2.31. The molecule has 4 heterocycles. The van der Waals surface area contributed by atoms with Crippen LogP contribution in [0.25, 0.3) is 0 Å². The Hall–Kier alpha value is -2.85. The van der Waals surface area contributed by atoms with Crippen LogP contribution in [-0.4, -0.2) is 47.1 Å². The van der Waals surface area contributed by atoms with Crippen molar-refractivity contribution >= 4 is 11.7 Å². The normalized spacial score (nSPS) is 18.9. The molecule has 1 atom stereocenters. The molecule has 2 aromatic heterocycles. The summed E-state index contributed by atoms with van der Waals surface area (Å²) in [7, 11) is 0. The van der Waals surface area contributed by atoms with Crippen molar-refractivity contribution in [2.24, 2.45) is 0 Å². The molecule has 2 aliphatic heterocycles. The summed E-state index contributed by atoms with van der Waals surface area (Å²) in [6.45, 7) is 20.7. The first-order chi connectivity index (χ1) is 15.6. The van der Waals surface area contributed by atoms with Crippen molar-refractivity contribution < 1.29 is 13.9 Å². The van der Waals surface area contributed by atoms with Crippen LogP contribution in [0.3, 0.4) is 0 Å². The summed E-state index contributed by atoms with van der Waals surface area (Å²) >= 11 is 0. The van der Waals surface area contributed by atoms with Gasteiger partial charge >= 0.3 is 0 Å². The number of nitriles is 1. The van der Waals surface area contributed by atoms with E-state index in [2.05, 4.69) is 57.1 Å². The second-order valence-corrected chi connectivity index (χ2v) is 9.36. The van der Waals surface area contributed by atoms with Crippen molar-refractivity contribution in [1.82, 2.24) is 9.88 Å². The molecule has 0 radical (unpaired) electrons. The summed E-state index contributed by atoms with van der Waals surface area (Å²) in [5, 5.41) is 6.50. The number of hydrogen-bond donors (Lipinski definition) is 0. The lowest BCUT2D eigenvalue weighted by atomic mass is 9.93. The van der Waals surface area contributed by atoms with Crippen molar-refractivity contribution in [3.63, 3.8) is 0 Å². The van der Waals surface area contributed by atoms with Gasteiger partial charge in [-0.25, -0.2) is 10.2 Å². The van der Waals surface area contributed by atoms with Gasteiger partial charge in [-0.3, -0.25) is 4.79 Å². The van der Waals surface area contributed by atoms with Gasteiger partial charge in [-0.05, 0) is 57.9 Å². The van der Waals surface area contributed by atoms with Crippen molar-refractivity contribution in [2.75, 3.05) is 24.5 Å². The van der Waals surface area contributed by atoms with E-state index in [0.717, 1.165) is 31.1 Å². The number of carbonyl (C=O) groups is 1.